The zero-order valence-corrected chi connectivity index (χ0v) is 20.9. The van der Waals surface area contributed by atoms with Crippen molar-refractivity contribution in [3.05, 3.63) is 12.2 Å². The normalized spacial score (nSPS) is 44.5. The number of rotatable bonds is 3. The van der Waals surface area contributed by atoms with Crippen LogP contribution in [-0.4, -0.2) is 53.2 Å². The summed E-state index contributed by atoms with van der Waals surface area (Å²) in [5, 5.41) is 11.7. The van der Waals surface area contributed by atoms with E-state index in [-0.39, 0.29) is 30.0 Å². The molecule has 0 aliphatic heterocycles. The molecule has 2 bridgehead atoms. The van der Waals surface area contributed by atoms with Crippen LogP contribution in [0.25, 0.3) is 0 Å². The molecule has 0 saturated heterocycles. The van der Waals surface area contributed by atoms with Crippen LogP contribution in [-0.2, 0) is 33.4 Å². The smallest absolute Gasteiger partial charge is 0.303 e. The number of ketones is 1. The molecule has 8 heteroatoms. The third kappa shape index (κ3) is 3.20. The van der Waals surface area contributed by atoms with Gasteiger partial charge >= 0.3 is 17.9 Å². The van der Waals surface area contributed by atoms with Crippen LogP contribution in [0.5, 0.6) is 0 Å². The van der Waals surface area contributed by atoms with E-state index in [1.54, 1.807) is 0 Å². The van der Waals surface area contributed by atoms with E-state index in [4.69, 9.17) is 14.2 Å². The van der Waals surface area contributed by atoms with E-state index in [1.807, 2.05) is 13.8 Å². The third-order valence-electron chi connectivity index (χ3n) is 9.43. The molecule has 1 N–H and O–H groups in total. The van der Waals surface area contributed by atoms with Crippen LogP contribution in [0.1, 0.15) is 67.2 Å². The van der Waals surface area contributed by atoms with Crippen LogP contribution in [0, 0.1) is 34.0 Å². The Morgan fingerprint density at radius 3 is 2.03 bits per heavy atom. The number of ether oxygens (including phenoxy) is 3. The van der Waals surface area contributed by atoms with Gasteiger partial charge in [-0.2, -0.15) is 0 Å². The fraction of sp³-hybridized carbons (Fsp3) is 0.769. The zero-order valence-electron chi connectivity index (χ0n) is 20.9. The minimum Gasteiger partial charge on any atom is -0.461 e. The zero-order chi connectivity index (χ0) is 25.4. The Morgan fingerprint density at radius 1 is 0.912 bits per heavy atom. The number of carbonyl (C=O) groups is 4. The molecule has 4 aliphatic carbocycles. The second-order valence-electron chi connectivity index (χ2n) is 11.6. The predicted octanol–water partition coefficient (Wildman–Crippen LogP) is 2.75. The first-order chi connectivity index (χ1) is 15.7. The maximum absolute atomic E-state index is 13.8. The van der Waals surface area contributed by atoms with E-state index in [2.05, 4.69) is 13.5 Å². The SMILES string of the molecule is C=C1C(=O)[C@@]23[C@H](O)C[C@@H]4C(C)(C)[C@@H](OC(C)=O)[C@@H](OC(C)=O)C[C@@]4(C)[C@@H]2CC[C@@H]1[C@H]3OC(C)=O. The Kier molecular flexibility index (Phi) is 5.78. The molecular weight excluding hydrogens is 440 g/mol. The summed E-state index contributed by atoms with van der Waals surface area (Å²) in [6.45, 7) is 14.0. The minimum atomic E-state index is -1.28. The van der Waals surface area contributed by atoms with Gasteiger partial charge in [-0.05, 0) is 48.5 Å². The van der Waals surface area contributed by atoms with Crippen molar-refractivity contribution in [3.8, 4) is 0 Å². The van der Waals surface area contributed by atoms with Gasteiger partial charge in [-0.1, -0.05) is 27.4 Å². The predicted molar refractivity (Wildman–Crippen MR) is 120 cm³/mol. The molecule has 0 radical (unpaired) electrons. The highest BCUT2D eigenvalue weighted by Gasteiger charge is 2.76. The number of hydrogen-bond donors (Lipinski definition) is 1. The third-order valence-corrected chi connectivity index (χ3v) is 9.43. The van der Waals surface area contributed by atoms with Crippen LogP contribution >= 0.6 is 0 Å². The van der Waals surface area contributed by atoms with Crippen molar-refractivity contribution in [2.45, 2.75) is 91.6 Å². The number of Topliss-reactive ketones (excluding diaryl/α,β-unsaturated/α-hetero) is 1. The highest BCUT2D eigenvalue weighted by molar-refractivity contribution is 6.04. The Balaban J connectivity index is 1.86. The molecule has 188 valence electrons. The molecule has 0 amide bonds. The van der Waals surface area contributed by atoms with Crippen LogP contribution in [0.2, 0.25) is 0 Å². The topological polar surface area (TPSA) is 116 Å². The molecule has 0 aromatic carbocycles. The van der Waals surface area contributed by atoms with Crippen LogP contribution in [0.15, 0.2) is 12.2 Å². The minimum absolute atomic E-state index is 0.141. The van der Waals surface area contributed by atoms with Crippen molar-refractivity contribution < 1.29 is 38.5 Å². The largest absolute Gasteiger partial charge is 0.461 e. The molecule has 4 saturated carbocycles. The quantitative estimate of drug-likeness (QED) is 0.376. The number of fused-ring (bicyclic) bond motifs is 3. The van der Waals surface area contributed by atoms with E-state index in [0.29, 0.717) is 24.8 Å². The van der Waals surface area contributed by atoms with Crippen molar-refractivity contribution in [1.82, 2.24) is 0 Å². The van der Waals surface area contributed by atoms with E-state index < -0.39 is 58.6 Å². The molecule has 0 unspecified atom stereocenters. The second-order valence-corrected chi connectivity index (χ2v) is 11.6. The summed E-state index contributed by atoms with van der Waals surface area (Å²) in [6.07, 6.45) is -1.29. The Labute approximate surface area is 200 Å². The monoisotopic (exact) mass is 476 g/mol. The number of hydrogen-bond acceptors (Lipinski definition) is 8. The molecule has 4 rings (SSSR count). The first-order valence-corrected chi connectivity index (χ1v) is 12.1. The molecule has 34 heavy (non-hydrogen) atoms. The maximum Gasteiger partial charge on any atom is 0.303 e. The van der Waals surface area contributed by atoms with Gasteiger partial charge in [0.2, 0.25) is 0 Å². The average Bonchev–Trinajstić information content (AvgIpc) is 2.82. The van der Waals surface area contributed by atoms with Gasteiger partial charge in [0.1, 0.15) is 18.3 Å². The number of carbonyl (C=O) groups excluding carboxylic acids is 4. The van der Waals surface area contributed by atoms with Crippen LogP contribution in [0.3, 0.4) is 0 Å². The summed E-state index contributed by atoms with van der Waals surface area (Å²) < 4.78 is 17.2. The van der Waals surface area contributed by atoms with Crippen molar-refractivity contribution in [1.29, 1.82) is 0 Å². The van der Waals surface area contributed by atoms with Gasteiger partial charge in [0.05, 0.1) is 11.5 Å². The van der Waals surface area contributed by atoms with Gasteiger partial charge in [-0.25, -0.2) is 0 Å². The van der Waals surface area contributed by atoms with E-state index in [1.165, 1.54) is 20.8 Å². The van der Waals surface area contributed by atoms with E-state index in [0.717, 1.165) is 0 Å². The molecule has 0 aromatic rings. The van der Waals surface area contributed by atoms with Crippen molar-refractivity contribution in [2.24, 2.45) is 34.0 Å². The van der Waals surface area contributed by atoms with Gasteiger partial charge < -0.3 is 19.3 Å². The summed E-state index contributed by atoms with van der Waals surface area (Å²) in [7, 11) is 0. The number of esters is 3. The Morgan fingerprint density at radius 2 is 1.47 bits per heavy atom. The standard InChI is InChI=1S/C26H36O8/c1-12-16-8-9-18-25(7)11-17(32-13(2)27)23(34-15(4)29)24(5,6)19(25)10-20(30)26(18,21(12)31)22(16)33-14(3)28/h16-20,22-23,30H,1,8-11H2,2-7H3/t16-,17-,18-,19+,20+,22+,23-,25-,26-/m0/s1. The lowest BCUT2D eigenvalue weighted by atomic mass is 9.39. The molecule has 4 fully saturated rings. The number of aliphatic hydroxyl groups excluding tert-OH is 1. The lowest BCUT2D eigenvalue weighted by molar-refractivity contribution is -0.266. The van der Waals surface area contributed by atoms with Crippen molar-refractivity contribution >= 4 is 23.7 Å². The van der Waals surface area contributed by atoms with Gasteiger partial charge in [-0.15, -0.1) is 0 Å². The molecule has 9 atom stereocenters. The van der Waals surface area contributed by atoms with E-state index >= 15 is 0 Å². The highest BCUT2D eigenvalue weighted by Crippen LogP contribution is 2.71. The lowest BCUT2D eigenvalue weighted by Crippen LogP contribution is -2.71. The highest BCUT2D eigenvalue weighted by atomic mass is 16.6. The van der Waals surface area contributed by atoms with Gasteiger partial charge in [0, 0.05) is 32.1 Å². The van der Waals surface area contributed by atoms with Crippen LogP contribution < -0.4 is 0 Å². The molecular formula is C26H36O8. The van der Waals surface area contributed by atoms with Gasteiger partial charge in [0.25, 0.3) is 0 Å². The lowest BCUT2D eigenvalue weighted by Gasteiger charge is -2.67. The molecule has 8 nitrogen and oxygen atoms in total. The van der Waals surface area contributed by atoms with E-state index in [9.17, 15) is 24.3 Å². The summed E-state index contributed by atoms with van der Waals surface area (Å²) in [5.74, 6) is -2.43. The Bertz CT molecular complexity index is 952. The van der Waals surface area contributed by atoms with Gasteiger partial charge in [0.15, 0.2) is 5.78 Å². The second kappa shape index (κ2) is 7.90. The maximum atomic E-state index is 13.8. The summed E-state index contributed by atoms with van der Waals surface area (Å²) in [5.41, 5.74) is -2.07. The Hall–Kier alpha value is -2.22. The molecule has 0 aromatic heterocycles. The first-order valence-electron chi connectivity index (χ1n) is 12.1. The van der Waals surface area contributed by atoms with Gasteiger partial charge in [-0.3, -0.25) is 19.2 Å². The molecule has 0 heterocycles. The van der Waals surface area contributed by atoms with Crippen molar-refractivity contribution in [3.63, 3.8) is 0 Å². The summed E-state index contributed by atoms with van der Waals surface area (Å²) in [4.78, 5) is 49.8. The van der Waals surface area contributed by atoms with Crippen molar-refractivity contribution in [2.75, 3.05) is 0 Å². The first kappa shape index (κ1) is 24.9. The molecule has 4 aliphatic rings. The average molecular weight is 477 g/mol. The van der Waals surface area contributed by atoms with Crippen LogP contribution in [0.4, 0.5) is 0 Å². The summed E-state index contributed by atoms with van der Waals surface area (Å²) >= 11 is 0. The number of aliphatic hydroxyl groups is 1. The summed E-state index contributed by atoms with van der Waals surface area (Å²) in [6, 6.07) is 0. The molecule has 1 spiro atoms. The fourth-order valence-corrected chi connectivity index (χ4v) is 8.48. The fourth-order valence-electron chi connectivity index (χ4n) is 8.48.